The number of nitrogens with one attached hydrogen (secondary N) is 1. The van der Waals surface area contributed by atoms with Gasteiger partial charge in [0.15, 0.2) is 0 Å². The zero-order valence-corrected chi connectivity index (χ0v) is 12.6. The van der Waals surface area contributed by atoms with Gasteiger partial charge in [-0.05, 0) is 39.3 Å². The fourth-order valence-electron chi connectivity index (χ4n) is 2.95. The fourth-order valence-corrected chi connectivity index (χ4v) is 2.95. The van der Waals surface area contributed by atoms with Gasteiger partial charge in [0.1, 0.15) is 0 Å². The predicted molar refractivity (Wildman–Crippen MR) is 77.3 cm³/mol. The second kappa shape index (κ2) is 6.53. The van der Waals surface area contributed by atoms with Gasteiger partial charge in [0.05, 0.1) is 18.4 Å². The Hall–Kier alpha value is -0.870. The molecule has 2 heterocycles. The Morgan fingerprint density at radius 1 is 1.58 bits per heavy atom. The third kappa shape index (κ3) is 3.80. The van der Waals surface area contributed by atoms with Crippen LogP contribution < -0.4 is 5.32 Å². The minimum absolute atomic E-state index is 0.407. The monoisotopic (exact) mass is 265 g/mol. The summed E-state index contributed by atoms with van der Waals surface area (Å²) >= 11 is 0. The van der Waals surface area contributed by atoms with Gasteiger partial charge in [0.25, 0.3) is 0 Å². The van der Waals surface area contributed by atoms with Gasteiger partial charge in [0.2, 0.25) is 0 Å². The van der Waals surface area contributed by atoms with Crippen molar-refractivity contribution in [3.05, 3.63) is 17.5 Å². The number of nitrogens with zero attached hydrogens (tertiary/aromatic N) is 2. The maximum atomic E-state index is 5.74. The van der Waals surface area contributed by atoms with Crippen LogP contribution in [0.1, 0.15) is 38.1 Å². The molecule has 0 amide bonds. The maximum absolute atomic E-state index is 5.74. The van der Waals surface area contributed by atoms with E-state index in [4.69, 9.17) is 4.74 Å². The van der Waals surface area contributed by atoms with Crippen LogP contribution in [0.4, 0.5) is 0 Å². The van der Waals surface area contributed by atoms with Crippen molar-refractivity contribution in [2.75, 3.05) is 13.2 Å². The van der Waals surface area contributed by atoms with Crippen LogP contribution >= 0.6 is 0 Å². The Morgan fingerprint density at radius 3 is 2.89 bits per heavy atom. The molecular formula is C15H27N3O. The molecule has 0 saturated carbocycles. The Balaban J connectivity index is 2.02. The van der Waals surface area contributed by atoms with Crippen LogP contribution in [-0.4, -0.2) is 35.1 Å². The lowest BCUT2D eigenvalue weighted by molar-refractivity contribution is 0.116. The second-order valence-electron chi connectivity index (χ2n) is 5.81. The van der Waals surface area contributed by atoms with Gasteiger partial charge < -0.3 is 10.1 Å². The van der Waals surface area contributed by atoms with Crippen molar-refractivity contribution in [2.45, 2.75) is 52.2 Å². The third-order valence-corrected chi connectivity index (χ3v) is 3.98. The van der Waals surface area contributed by atoms with Crippen molar-refractivity contribution in [3.8, 4) is 0 Å². The molecule has 3 atom stereocenters. The van der Waals surface area contributed by atoms with Gasteiger partial charge >= 0.3 is 0 Å². The fraction of sp³-hybridized carbons (Fsp3) is 0.800. The SMILES string of the molecule is CCCNC(Cc1cc(C)nn1C)C1COC(C)C1. The molecule has 0 aliphatic carbocycles. The average molecular weight is 265 g/mol. The first-order valence-corrected chi connectivity index (χ1v) is 7.44. The van der Waals surface area contributed by atoms with Gasteiger partial charge in [-0.3, -0.25) is 4.68 Å². The highest BCUT2D eigenvalue weighted by Gasteiger charge is 2.29. The third-order valence-electron chi connectivity index (χ3n) is 3.98. The van der Waals surface area contributed by atoms with Gasteiger partial charge in [-0.15, -0.1) is 0 Å². The van der Waals surface area contributed by atoms with Crippen LogP contribution in [0.15, 0.2) is 6.07 Å². The summed E-state index contributed by atoms with van der Waals surface area (Å²) in [5, 5.41) is 8.14. The van der Waals surface area contributed by atoms with Gasteiger partial charge in [-0.25, -0.2) is 0 Å². The van der Waals surface area contributed by atoms with Crippen molar-refractivity contribution in [3.63, 3.8) is 0 Å². The normalized spacial score (nSPS) is 24.8. The van der Waals surface area contributed by atoms with E-state index in [1.165, 1.54) is 12.1 Å². The van der Waals surface area contributed by atoms with Crippen LogP contribution in [0.5, 0.6) is 0 Å². The summed E-state index contributed by atoms with van der Waals surface area (Å²) in [6.45, 7) is 8.40. The standard InChI is InChI=1S/C15H27N3O/c1-5-6-16-15(13-8-12(3)19-10-13)9-14-7-11(2)17-18(14)4/h7,12-13,15-16H,5-6,8-10H2,1-4H3. The van der Waals surface area contributed by atoms with Crippen LogP contribution in [0.25, 0.3) is 0 Å². The Labute approximate surface area is 116 Å². The quantitative estimate of drug-likeness (QED) is 0.856. The van der Waals surface area contributed by atoms with E-state index in [-0.39, 0.29) is 0 Å². The molecule has 0 spiro atoms. The Bertz CT molecular complexity index is 402. The minimum atomic E-state index is 0.407. The lowest BCUT2D eigenvalue weighted by Crippen LogP contribution is -2.39. The zero-order valence-electron chi connectivity index (χ0n) is 12.6. The number of aryl methyl sites for hydroxylation is 2. The number of hydrogen-bond donors (Lipinski definition) is 1. The average Bonchev–Trinajstić information content (AvgIpc) is 2.91. The summed E-state index contributed by atoms with van der Waals surface area (Å²) in [6, 6.07) is 2.69. The highest BCUT2D eigenvalue weighted by Crippen LogP contribution is 2.24. The van der Waals surface area contributed by atoms with Crippen molar-refractivity contribution in [1.82, 2.24) is 15.1 Å². The van der Waals surface area contributed by atoms with Crippen LogP contribution in [0.3, 0.4) is 0 Å². The molecule has 4 nitrogen and oxygen atoms in total. The van der Waals surface area contributed by atoms with E-state index >= 15 is 0 Å². The van der Waals surface area contributed by atoms with Crippen molar-refractivity contribution in [1.29, 1.82) is 0 Å². The van der Waals surface area contributed by atoms with E-state index in [1.807, 2.05) is 11.7 Å². The summed E-state index contributed by atoms with van der Waals surface area (Å²) in [5.74, 6) is 0.622. The number of hydrogen-bond acceptors (Lipinski definition) is 3. The van der Waals surface area contributed by atoms with E-state index in [9.17, 15) is 0 Å². The van der Waals surface area contributed by atoms with E-state index < -0.39 is 0 Å². The number of rotatable bonds is 6. The van der Waals surface area contributed by atoms with Gasteiger partial charge in [-0.1, -0.05) is 6.92 Å². The van der Waals surface area contributed by atoms with Gasteiger partial charge in [0, 0.05) is 31.1 Å². The highest BCUT2D eigenvalue weighted by atomic mass is 16.5. The molecule has 0 aromatic carbocycles. The Kier molecular flexibility index (Phi) is 4.99. The molecular weight excluding hydrogens is 238 g/mol. The molecule has 1 aliphatic rings. The lowest BCUT2D eigenvalue weighted by atomic mass is 9.93. The first-order chi connectivity index (χ1) is 9.10. The largest absolute Gasteiger partial charge is 0.378 e. The molecule has 1 saturated heterocycles. The van der Waals surface area contributed by atoms with E-state index in [0.29, 0.717) is 18.1 Å². The molecule has 1 N–H and O–H groups in total. The van der Waals surface area contributed by atoms with Crippen LogP contribution in [0, 0.1) is 12.8 Å². The van der Waals surface area contributed by atoms with Crippen molar-refractivity contribution >= 4 is 0 Å². The molecule has 1 aromatic rings. The molecule has 1 fully saturated rings. The molecule has 108 valence electrons. The molecule has 0 radical (unpaired) electrons. The summed E-state index contributed by atoms with van der Waals surface area (Å²) in [7, 11) is 2.03. The van der Waals surface area contributed by atoms with E-state index in [0.717, 1.165) is 31.7 Å². The molecule has 1 aliphatic heterocycles. The van der Waals surface area contributed by atoms with Crippen molar-refractivity contribution < 1.29 is 4.74 Å². The highest BCUT2D eigenvalue weighted by molar-refractivity contribution is 5.10. The predicted octanol–water partition coefficient (Wildman–Crippen LogP) is 2.06. The Morgan fingerprint density at radius 2 is 2.37 bits per heavy atom. The summed E-state index contributed by atoms with van der Waals surface area (Å²) in [6.07, 6.45) is 3.78. The smallest absolute Gasteiger partial charge is 0.0596 e. The number of ether oxygens (including phenoxy) is 1. The minimum Gasteiger partial charge on any atom is -0.378 e. The van der Waals surface area contributed by atoms with E-state index in [1.54, 1.807) is 0 Å². The molecule has 1 aromatic heterocycles. The first kappa shape index (κ1) is 14.5. The topological polar surface area (TPSA) is 39.1 Å². The first-order valence-electron chi connectivity index (χ1n) is 7.44. The molecule has 3 unspecified atom stereocenters. The number of aromatic nitrogens is 2. The molecule has 2 rings (SSSR count). The van der Waals surface area contributed by atoms with Crippen LogP contribution in [-0.2, 0) is 18.2 Å². The van der Waals surface area contributed by atoms with Crippen LogP contribution in [0.2, 0.25) is 0 Å². The summed E-state index contributed by atoms with van der Waals surface area (Å²) in [5.41, 5.74) is 2.41. The second-order valence-corrected chi connectivity index (χ2v) is 5.81. The summed E-state index contributed by atoms with van der Waals surface area (Å²) < 4.78 is 7.75. The molecule has 19 heavy (non-hydrogen) atoms. The molecule has 0 bridgehead atoms. The van der Waals surface area contributed by atoms with Gasteiger partial charge in [-0.2, -0.15) is 5.10 Å². The van der Waals surface area contributed by atoms with Crippen molar-refractivity contribution in [2.24, 2.45) is 13.0 Å². The summed E-state index contributed by atoms with van der Waals surface area (Å²) in [4.78, 5) is 0. The zero-order chi connectivity index (χ0) is 13.8. The molecule has 4 heteroatoms. The van der Waals surface area contributed by atoms with E-state index in [2.05, 4.69) is 37.3 Å². The lowest BCUT2D eigenvalue weighted by Gasteiger charge is -2.24. The maximum Gasteiger partial charge on any atom is 0.0596 e.